The average molecular weight is 458 g/mol. The van der Waals surface area contributed by atoms with Crippen LogP contribution in [0.2, 0.25) is 0 Å². The number of benzene rings is 1. The fraction of sp³-hybridized carbons (Fsp3) is 0.478. The Morgan fingerprint density at radius 1 is 1.30 bits per heavy atom. The molecule has 1 unspecified atom stereocenters. The van der Waals surface area contributed by atoms with Gasteiger partial charge in [-0.15, -0.1) is 0 Å². The molecule has 0 saturated heterocycles. The fourth-order valence-electron chi connectivity index (χ4n) is 4.54. The minimum Gasteiger partial charge on any atom is -0.495 e. The van der Waals surface area contributed by atoms with E-state index >= 15 is 4.39 Å². The summed E-state index contributed by atoms with van der Waals surface area (Å²) in [7, 11) is 2.98. The van der Waals surface area contributed by atoms with Crippen LogP contribution in [-0.4, -0.2) is 59.4 Å². The first-order chi connectivity index (χ1) is 15.7. The molecule has 9 nitrogen and oxygen atoms in total. The summed E-state index contributed by atoms with van der Waals surface area (Å²) in [6.45, 7) is 1.23. The molecule has 1 saturated carbocycles. The van der Waals surface area contributed by atoms with Crippen molar-refractivity contribution in [3.63, 3.8) is 0 Å². The highest BCUT2D eigenvalue weighted by Gasteiger charge is 2.44. The highest BCUT2D eigenvalue weighted by atomic mass is 19.1. The number of alkyl halides is 1. The molecule has 1 aromatic heterocycles. The van der Waals surface area contributed by atoms with Crippen LogP contribution in [0.1, 0.15) is 49.4 Å². The first-order valence-electron chi connectivity index (χ1n) is 11.0. The summed E-state index contributed by atoms with van der Waals surface area (Å²) in [6.07, 6.45) is 6.57. The zero-order chi connectivity index (χ0) is 23.8. The first-order valence-corrected chi connectivity index (χ1v) is 11.0. The molecule has 1 atom stereocenters. The third-order valence-electron chi connectivity index (χ3n) is 6.31. The Morgan fingerprint density at radius 2 is 2.03 bits per heavy atom. The predicted molar refractivity (Wildman–Crippen MR) is 122 cm³/mol. The number of nitrogens with one attached hydrogen (secondary N) is 1. The molecular formula is C23H28FN5O4. The van der Waals surface area contributed by atoms with Gasteiger partial charge in [-0.25, -0.2) is 14.2 Å². The molecule has 1 fully saturated rings. The van der Waals surface area contributed by atoms with Gasteiger partial charge in [0, 0.05) is 13.1 Å². The van der Waals surface area contributed by atoms with E-state index in [1.165, 1.54) is 44.3 Å². The van der Waals surface area contributed by atoms with Gasteiger partial charge < -0.3 is 25.0 Å². The predicted octanol–water partition coefficient (Wildman–Crippen LogP) is 3.77. The van der Waals surface area contributed by atoms with Gasteiger partial charge in [-0.1, -0.05) is 19.3 Å². The van der Waals surface area contributed by atoms with Gasteiger partial charge in [-0.2, -0.15) is 4.98 Å². The van der Waals surface area contributed by atoms with Crippen LogP contribution in [0.15, 0.2) is 24.4 Å². The van der Waals surface area contributed by atoms with E-state index in [1.54, 1.807) is 6.07 Å². The number of aromatic nitrogens is 2. The van der Waals surface area contributed by atoms with E-state index in [0.29, 0.717) is 22.9 Å². The summed E-state index contributed by atoms with van der Waals surface area (Å²) in [5.74, 6) is -0.637. The van der Waals surface area contributed by atoms with Crippen LogP contribution in [0, 0.1) is 0 Å². The number of ether oxygens (including phenoxy) is 1. The van der Waals surface area contributed by atoms with E-state index in [-0.39, 0.29) is 24.1 Å². The number of rotatable bonds is 5. The quantitative estimate of drug-likeness (QED) is 0.699. The first kappa shape index (κ1) is 22.8. The molecule has 0 bridgehead atoms. The molecule has 1 aromatic carbocycles. The van der Waals surface area contributed by atoms with Crippen molar-refractivity contribution in [2.45, 2.75) is 50.7 Å². The highest BCUT2D eigenvalue weighted by molar-refractivity contribution is 6.02. The molecule has 0 radical (unpaired) electrons. The van der Waals surface area contributed by atoms with E-state index in [4.69, 9.17) is 4.74 Å². The Morgan fingerprint density at radius 3 is 2.70 bits per heavy atom. The minimum absolute atomic E-state index is 0.0824. The molecule has 1 aliphatic carbocycles. The molecule has 2 aliphatic rings. The van der Waals surface area contributed by atoms with Crippen molar-refractivity contribution in [3.05, 3.63) is 30.0 Å². The summed E-state index contributed by atoms with van der Waals surface area (Å²) < 4.78 is 20.8. The summed E-state index contributed by atoms with van der Waals surface area (Å²) in [5, 5.41) is 12.3. The van der Waals surface area contributed by atoms with Gasteiger partial charge >= 0.3 is 5.97 Å². The van der Waals surface area contributed by atoms with Crippen LogP contribution >= 0.6 is 0 Å². The lowest BCUT2D eigenvalue weighted by Crippen LogP contribution is -2.50. The van der Waals surface area contributed by atoms with Gasteiger partial charge in [0.15, 0.2) is 5.82 Å². The Bertz CT molecular complexity index is 1070. The maximum Gasteiger partial charge on any atom is 0.335 e. The minimum atomic E-state index is -2.06. The number of nitrogens with zero attached hydrogens (tertiary/aromatic N) is 4. The number of carboxylic acid groups (broad SMARTS) is 1. The molecule has 4 rings (SSSR count). The van der Waals surface area contributed by atoms with E-state index in [2.05, 4.69) is 15.3 Å². The molecule has 2 N–H and O–H groups in total. The lowest BCUT2D eigenvalue weighted by Gasteiger charge is -2.36. The van der Waals surface area contributed by atoms with E-state index < -0.39 is 17.5 Å². The van der Waals surface area contributed by atoms with Crippen molar-refractivity contribution in [2.75, 3.05) is 35.8 Å². The fourth-order valence-corrected chi connectivity index (χ4v) is 4.54. The van der Waals surface area contributed by atoms with Gasteiger partial charge in [0.1, 0.15) is 11.4 Å². The average Bonchev–Trinajstić information content (AvgIpc) is 2.88. The molecule has 1 aliphatic heterocycles. The summed E-state index contributed by atoms with van der Waals surface area (Å²) in [6, 6.07) is 4.51. The van der Waals surface area contributed by atoms with Crippen molar-refractivity contribution in [1.29, 1.82) is 0 Å². The SMILES string of the molecule is COc1cc(C(=O)O)ccc1Nc1ncc2c(n1)N(C1CCCCC1)CC(C)(F)C(=O)N2C. The number of carbonyl (C=O) groups excluding carboxylic acids is 1. The van der Waals surface area contributed by atoms with E-state index in [1.807, 2.05) is 4.90 Å². The Balaban J connectivity index is 1.74. The maximum atomic E-state index is 15.4. The van der Waals surface area contributed by atoms with Gasteiger partial charge in [0.2, 0.25) is 11.6 Å². The Labute approximate surface area is 191 Å². The van der Waals surface area contributed by atoms with Crippen molar-refractivity contribution < 1.29 is 23.8 Å². The number of carbonyl (C=O) groups is 2. The number of aromatic carboxylic acids is 1. The Hall–Kier alpha value is -3.43. The number of anilines is 4. The molecule has 2 aromatic rings. The van der Waals surface area contributed by atoms with Crippen LogP contribution < -0.4 is 19.9 Å². The molecule has 2 heterocycles. The monoisotopic (exact) mass is 457 g/mol. The van der Waals surface area contributed by atoms with E-state index in [9.17, 15) is 14.7 Å². The lowest BCUT2D eigenvalue weighted by molar-refractivity contribution is -0.128. The van der Waals surface area contributed by atoms with E-state index in [0.717, 1.165) is 32.1 Å². The number of amides is 1. The van der Waals surface area contributed by atoms with Crippen LogP contribution in [0.3, 0.4) is 0 Å². The zero-order valence-corrected chi connectivity index (χ0v) is 19.0. The Kier molecular flexibility index (Phi) is 6.09. The van der Waals surface area contributed by atoms with Crippen molar-refractivity contribution in [1.82, 2.24) is 9.97 Å². The summed E-state index contributed by atoms with van der Waals surface area (Å²) in [5.41, 5.74) is -1.03. The second kappa shape index (κ2) is 8.84. The lowest BCUT2D eigenvalue weighted by atomic mass is 9.93. The molecule has 1 amide bonds. The van der Waals surface area contributed by atoms with Gasteiger partial charge in [0.05, 0.1) is 31.1 Å². The molecular weight excluding hydrogens is 429 g/mol. The normalized spacial score (nSPS) is 21.4. The smallest absolute Gasteiger partial charge is 0.335 e. The third kappa shape index (κ3) is 4.42. The number of hydrogen-bond acceptors (Lipinski definition) is 7. The zero-order valence-electron chi connectivity index (χ0n) is 19.0. The largest absolute Gasteiger partial charge is 0.495 e. The molecule has 10 heteroatoms. The van der Waals surface area contributed by atoms with Gasteiger partial charge in [-0.05, 0) is 38.0 Å². The third-order valence-corrected chi connectivity index (χ3v) is 6.31. The summed E-state index contributed by atoms with van der Waals surface area (Å²) >= 11 is 0. The van der Waals surface area contributed by atoms with Crippen LogP contribution in [-0.2, 0) is 4.79 Å². The van der Waals surface area contributed by atoms with Crippen molar-refractivity contribution in [2.24, 2.45) is 0 Å². The van der Waals surface area contributed by atoms with Gasteiger partial charge in [0.25, 0.3) is 5.91 Å². The molecule has 33 heavy (non-hydrogen) atoms. The number of fused-ring (bicyclic) bond motifs is 1. The molecule has 176 valence electrons. The molecule has 0 spiro atoms. The van der Waals surface area contributed by atoms with Crippen molar-refractivity contribution in [3.8, 4) is 5.75 Å². The summed E-state index contributed by atoms with van der Waals surface area (Å²) in [4.78, 5) is 36.3. The van der Waals surface area contributed by atoms with Crippen LogP contribution in [0.5, 0.6) is 5.75 Å². The van der Waals surface area contributed by atoms with Gasteiger partial charge in [-0.3, -0.25) is 4.79 Å². The van der Waals surface area contributed by atoms with Crippen LogP contribution in [0.25, 0.3) is 0 Å². The maximum absolute atomic E-state index is 15.4. The second-order valence-electron chi connectivity index (χ2n) is 8.73. The highest BCUT2D eigenvalue weighted by Crippen LogP contribution is 2.39. The van der Waals surface area contributed by atoms with Crippen LogP contribution in [0.4, 0.5) is 27.5 Å². The standard InChI is InChI=1S/C23H28FN5O4/c1-23(24)13-29(15-7-5-4-6-8-15)19-17(28(2)21(23)32)12-25-22(27-19)26-16-10-9-14(20(30)31)11-18(16)33-3/h9-12,15H,4-8,13H2,1-3H3,(H,30,31)(H,25,26,27). The number of methoxy groups -OCH3 is 1. The second-order valence-corrected chi connectivity index (χ2v) is 8.73. The topological polar surface area (TPSA) is 108 Å². The van der Waals surface area contributed by atoms with Crippen molar-refractivity contribution >= 4 is 35.0 Å². The number of halogens is 1. The number of hydrogen-bond donors (Lipinski definition) is 2. The number of carboxylic acids is 1.